The van der Waals surface area contributed by atoms with E-state index < -0.39 is 5.82 Å². The molecule has 0 aromatic heterocycles. The normalized spacial score (nSPS) is 19.2. The molecule has 1 aromatic carbocycles. The SMILES string of the molecule is COc1ccc(C(=O)CCC2CCCCN2)c(F)c1. The summed E-state index contributed by atoms with van der Waals surface area (Å²) in [5, 5.41) is 3.39. The fraction of sp³-hybridized carbons (Fsp3) is 0.533. The van der Waals surface area contributed by atoms with Gasteiger partial charge in [-0.3, -0.25) is 4.79 Å². The van der Waals surface area contributed by atoms with Crippen LogP contribution in [0, 0.1) is 5.82 Å². The molecule has 2 rings (SSSR count). The van der Waals surface area contributed by atoms with Crippen LogP contribution in [0.3, 0.4) is 0 Å². The molecule has 4 heteroatoms. The number of carbonyl (C=O) groups excluding carboxylic acids is 1. The average molecular weight is 265 g/mol. The predicted molar refractivity (Wildman–Crippen MR) is 72.2 cm³/mol. The zero-order valence-electron chi connectivity index (χ0n) is 11.2. The van der Waals surface area contributed by atoms with Gasteiger partial charge in [0.2, 0.25) is 0 Å². The van der Waals surface area contributed by atoms with E-state index in [0.29, 0.717) is 18.2 Å². The van der Waals surface area contributed by atoms with Gasteiger partial charge in [0.25, 0.3) is 0 Å². The van der Waals surface area contributed by atoms with Crippen molar-refractivity contribution in [3.8, 4) is 5.75 Å². The Bertz CT molecular complexity index is 442. The summed E-state index contributed by atoms with van der Waals surface area (Å²) in [6.07, 6.45) is 4.70. The fourth-order valence-electron chi connectivity index (χ4n) is 2.46. The van der Waals surface area contributed by atoms with E-state index in [1.54, 1.807) is 6.07 Å². The topological polar surface area (TPSA) is 38.3 Å². The quantitative estimate of drug-likeness (QED) is 0.832. The molecule has 0 radical (unpaired) electrons. The second-order valence-corrected chi connectivity index (χ2v) is 4.95. The Morgan fingerprint density at radius 3 is 2.95 bits per heavy atom. The molecule has 1 heterocycles. The Balaban J connectivity index is 1.92. The number of hydrogen-bond donors (Lipinski definition) is 1. The Morgan fingerprint density at radius 1 is 1.47 bits per heavy atom. The van der Waals surface area contributed by atoms with Crippen LogP contribution in [0.5, 0.6) is 5.75 Å². The van der Waals surface area contributed by atoms with Crippen LogP contribution in [0.15, 0.2) is 18.2 Å². The lowest BCUT2D eigenvalue weighted by Crippen LogP contribution is -2.34. The second-order valence-electron chi connectivity index (χ2n) is 4.95. The van der Waals surface area contributed by atoms with Gasteiger partial charge in [-0.05, 0) is 37.9 Å². The largest absolute Gasteiger partial charge is 0.497 e. The number of piperidine rings is 1. The molecule has 1 saturated heterocycles. The van der Waals surface area contributed by atoms with E-state index >= 15 is 0 Å². The summed E-state index contributed by atoms with van der Waals surface area (Å²) in [6.45, 7) is 1.02. The van der Waals surface area contributed by atoms with Crippen LogP contribution < -0.4 is 10.1 Å². The maximum absolute atomic E-state index is 13.7. The number of methoxy groups -OCH3 is 1. The Morgan fingerprint density at radius 2 is 2.32 bits per heavy atom. The highest BCUT2D eigenvalue weighted by atomic mass is 19.1. The molecule has 1 atom stereocenters. The molecular formula is C15H20FNO2. The lowest BCUT2D eigenvalue weighted by Gasteiger charge is -2.23. The monoisotopic (exact) mass is 265 g/mol. The zero-order valence-corrected chi connectivity index (χ0v) is 11.2. The van der Waals surface area contributed by atoms with E-state index in [2.05, 4.69) is 5.32 Å². The molecule has 0 aliphatic carbocycles. The minimum atomic E-state index is -0.499. The van der Waals surface area contributed by atoms with Crippen molar-refractivity contribution < 1.29 is 13.9 Å². The van der Waals surface area contributed by atoms with Crippen LogP contribution in [0.1, 0.15) is 42.5 Å². The van der Waals surface area contributed by atoms with Crippen molar-refractivity contribution in [3.05, 3.63) is 29.6 Å². The number of hydrogen-bond acceptors (Lipinski definition) is 3. The van der Waals surface area contributed by atoms with Crippen molar-refractivity contribution >= 4 is 5.78 Å². The third-order valence-corrected chi connectivity index (χ3v) is 3.61. The summed E-state index contributed by atoms with van der Waals surface area (Å²) in [7, 11) is 1.48. The van der Waals surface area contributed by atoms with Gasteiger partial charge in [-0.15, -0.1) is 0 Å². The van der Waals surface area contributed by atoms with Crippen molar-refractivity contribution in [1.29, 1.82) is 0 Å². The van der Waals surface area contributed by atoms with Gasteiger partial charge >= 0.3 is 0 Å². The van der Waals surface area contributed by atoms with Gasteiger partial charge in [-0.2, -0.15) is 0 Å². The summed E-state index contributed by atoms with van der Waals surface area (Å²) < 4.78 is 18.7. The van der Waals surface area contributed by atoms with Crippen molar-refractivity contribution in [2.75, 3.05) is 13.7 Å². The summed E-state index contributed by atoms with van der Waals surface area (Å²) in [4.78, 5) is 12.0. The number of ketones is 1. The van der Waals surface area contributed by atoms with E-state index in [1.807, 2.05) is 0 Å². The molecule has 1 aromatic rings. The third-order valence-electron chi connectivity index (χ3n) is 3.61. The molecule has 1 fully saturated rings. The Kier molecular flexibility index (Phi) is 4.91. The molecule has 0 bridgehead atoms. The van der Waals surface area contributed by atoms with Crippen LogP contribution in [0.4, 0.5) is 4.39 Å². The summed E-state index contributed by atoms with van der Waals surface area (Å²) >= 11 is 0. The first-order valence-corrected chi connectivity index (χ1v) is 6.81. The second kappa shape index (κ2) is 6.66. The van der Waals surface area contributed by atoms with Gasteiger partial charge in [0.1, 0.15) is 11.6 Å². The van der Waals surface area contributed by atoms with Gasteiger partial charge in [0.15, 0.2) is 5.78 Å². The first-order valence-electron chi connectivity index (χ1n) is 6.81. The Hall–Kier alpha value is -1.42. The van der Waals surface area contributed by atoms with E-state index in [9.17, 15) is 9.18 Å². The smallest absolute Gasteiger partial charge is 0.165 e. The van der Waals surface area contributed by atoms with Crippen LogP contribution in [0.2, 0.25) is 0 Å². The average Bonchev–Trinajstić information content (AvgIpc) is 2.45. The number of rotatable bonds is 5. The number of nitrogens with one attached hydrogen (secondary N) is 1. The Labute approximate surface area is 113 Å². The standard InChI is InChI=1S/C15H20FNO2/c1-19-12-6-7-13(14(16)10-12)15(18)8-5-11-4-2-3-9-17-11/h6-7,10-11,17H,2-5,8-9H2,1H3. The molecule has 1 N–H and O–H groups in total. The van der Waals surface area contributed by atoms with E-state index in [1.165, 1.54) is 32.1 Å². The minimum absolute atomic E-state index is 0.132. The molecule has 0 spiro atoms. The summed E-state index contributed by atoms with van der Waals surface area (Å²) in [5.74, 6) is -0.198. The van der Waals surface area contributed by atoms with Gasteiger partial charge in [-0.25, -0.2) is 4.39 Å². The molecule has 0 saturated carbocycles. The molecule has 1 unspecified atom stereocenters. The molecule has 1 aliphatic heterocycles. The summed E-state index contributed by atoms with van der Waals surface area (Å²) in [5.41, 5.74) is 0.164. The number of benzene rings is 1. The fourth-order valence-corrected chi connectivity index (χ4v) is 2.46. The highest BCUT2D eigenvalue weighted by Crippen LogP contribution is 2.19. The van der Waals surface area contributed by atoms with Crippen LogP contribution in [-0.2, 0) is 0 Å². The number of carbonyl (C=O) groups is 1. The van der Waals surface area contributed by atoms with Crippen molar-refractivity contribution in [3.63, 3.8) is 0 Å². The molecule has 3 nitrogen and oxygen atoms in total. The van der Waals surface area contributed by atoms with Crippen molar-refractivity contribution in [2.24, 2.45) is 0 Å². The maximum atomic E-state index is 13.7. The van der Waals surface area contributed by atoms with Gasteiger partial charge in [0.05, 0.1) is 12.7 Å². The van der Waals surface area contributed by atoms with Crippen LogP contribution in [0.25, 0.3) is 0 Å². The lowest BCUT2D eigenvalue weighted by molar-refractivity contribution is 0.0970. The first kappa shape index (κ1) is 14.0. The van der Waals surface area contributed by atoms with Crippen molar-refractivity contribution in [2.45, 2.75) is 38.1 Å². The van der Waals surface area contributed by atoms with Crippen LogP contribution >= 0.6 is 0 Å². The number of ether oxygens (including phenoxy) is 1. The maximum Gasteiger partial charge on any atom is 0.165 e. The van der Waals surface area contributed by atoms with Gasteiger partial charge < -0.3 is 10.1 Å². The van der Waals surface area contributed by atoms with Crippen molar-refractivity contribution in [1.82, 2.24) is 5.32 Å². The highest BCUT2D eigenvalue weighted by molar-refractivity contribution is 5.96. The lowest BCUT2D eigenvalue weighted by atomic mass is 9.97. The van der Waals surface area contributed by atoms with Gasteiger partial charge in [0, 0.05) is 18.5 Å². The molecule has 19 heavy (non-hydrogen) atoms. The van der Waals surface area contributed by atoms with Gasteiger partial charge in [-0.1, -0.05) is 6.42 Å². The predicted octanol–water partition coefficient (Wildman–Crippen LogP) is 2.94. The van der Waals surface area contributed by atoms with E-state index in [4.69, 9.17) is 4.74 Å². The van der Waals surface area contributed by atoms with E-state index in [0.717, 1.165) is 19.4 Å². The minimum Gasteiger partial charge on any atom is -0.497 e. The zero-order chi connectivity index (χ0) is 13.7. The molecular weight excluding hydrogens is 245 g/mol. The first-order chi connectivity index (χ1) is 9.20. The summed E-state index contributed by atoms with van der Waals surface area (Å²) in [6, 6.07) is 4.78. The third kappa shape index (κ3) is 3.77. The highest BCUT2D eigenvalue weighted by Gasteiger charge is 2.17. The molecule has 0 amide bonds. The van der Waals surface area contributed by atoms with Crippen LogP contribution in [-0.4, -0.2) is 25.5 Å². The number of Topliss-reactive ketones (excluding diaryl/α,β-unsaturated/α-hetero) is 1. The number of halogens is 1. The van der Waals surface area contributed by atoms with E-state index in [-0.39, 0.29) is 11.3 Å². The molecule has 104 valence electrons. The molecule has 1 aliphatic rings.